The Balaban J connectivity index is 2.73. The minimum Gasteiger partial charge on any atom is -0.465 e. The van der Waals surface area contributed by atoms with E-state index in [2.05, 4.69) is 6.58 Å². The second-order valence-electron chi connectivity index (χ2n) is 3.82. The van der Waals surface area contributed by atoms with E-state index < -0.39 is 6.04 Å². The molecule has 0 amide bonds. The molecular weight excluding hydrogens is 214 g/mol. The van der Waals surface area contributed by atoms with Crippen molar-refractivity contribution in [2.75, 3.05) is 6.61 Å². The summed E-state index contributed by atoms with van der Waals surface area (Å²) in [4.78, 5) is 11.4. The van der Waals surface area contributed by atoms with E-state index in [0.717, 1.165) is 17.5 Å². The molecule has 0 saturated carbocycles. The first kappa shape index (κ1) is 13.5. The fraction of sp³-hybridized carbons (Fsp3) is 0.357. The van der Waals surface area contributed by atoms with Gasteiger partial charge in [0.25, 0.3) is 0 Å². The van der Waals surface area contributed by atoms with E-state index in [1.54, 1.807) is 6.92 Å². The molecule has 92 valence electrons. The van der Waals surface area contributed by atoms with Crippen LogP contribution in [0.15, 0.2) is 36.9 Å². The quantitative estimate of drug-likeness (QED) is 0.602. The Kier molecular flexibility index (Phi) is 5.43. The molecule has 2 N–H and O–H groups in total. The van der Waals surface area contributed by atoms with Crippen molar-refractivity contribution in [3.05, 3.63) is 48.0 Å². The van der Waals surface area contributed by atoms with Crippen LogP contribution in [0, 0.1) is 0 Å². The highest BCUT2D eigenvalue weighted by atomic mass is 16.5. The average Bonchev–Trinajstić information content (AvgIpc) is 2.32. The minimum absolute atomic E-state index is 0.346. The van der Waals surface area contributed by atoms with Gasteiger partial charge in [0.15, 0.2) is 0 Å². The van der Waals surface area contributed by atoms with Crippen LogP contribution in [0.4, 0.5) is 0 Å². The van der Waals surface area contributed by atoms with E-state index in [4.69, 9.17) is 10.5 Å². The molecule has 0 aliphatic rings. The summed E-state index contributed by atoms with van der Waals surface area (Å²) in [6.07, 6.45) is 3.13. The van der Waals surface area contributed by atoms with Crippen LogP contribution in [0.25, 0.3) is 0 Å². The van der Waals surface area contributed by atoms with Gasteiger partial charge in [-0.15, -0.1) is 6.58 Å². The minimum atomic E-state index is -0.596. The van der Waals surface area contributed by atoms with Crippen LogP contribution in [0.3, 0.4) is 0 Å². The van der Waals surface area contributed by atoms with Crippen molar-refractivity contribution in [3.8, 4) is 0 Å². The first-order valence-corrected chi connectivity index (χ1v) is 5.79. The van der Waals surface area contributed by atoms with Gasteiger partial charge in [-0.2, -0.15) is 0 Å². The lowest BCUT2D eigenvalue weighted by Gasteiger charge is -2.13. The molecule has 1 atom stereocenters. The maximum Gasteiger partial charge on any atom is 0.323 e. The third-order valence-corrected chi connectivity index (χ3v) is 2.51. The molecule has 1 rings (SSSR count). The van der Waals surface area contributed by atoms with Crippen LogP contribution in [-0.4, -0.2) is 18.6 Å². The van der Waals surface area contributed by atoms with Crippen molar-refractivity contribution in [3.63, 3.8) is 0 Å². The number of carbonyl (C=O) groups is 1. The monoisotopic (exact) mass is 233 g/mol. The zero-order chi connectivity index (χ0) is 12.7. The number of allylic oxidation sites excluding steroid dienone is 1. The van der Waals surface area contributed by atoms with Gasteiger partial charge in [-0.05, 0) is 30.9 Å². The zero-order valence-corrected chi connectivity index (χ0v) is 10.2. The van der Waals surface area contributed by atoms with Crippen molar-refractivity contribution < 1.29 is 9.53 Å². The van der Waals surface area contributed by atoms with E-state index >= 15 is 0 Å². The molecule has 0 bridgehead atoms. The van der Waals surface area contributed by atoms with E-state index in [0.29, 0.717) is 13.0 Å². The molecule has 0 heterocycles. The Morgan fingerprint density at radius 3 is 2.71 bits per heavy atom. The van der Waals surface area contributed by atoms with Gasteiger partial charge in [-0.3, -0.25) is 4.79 Å². The summed E-state index contributed by atoms with van der Waals surface area (Å²) < 4.78 is 4.89. The van der Waals surface area contributed by atoms with E-state index in [1.165, 1.54) is 0 Å². The fourth-order valence-corrected chi connectivity index (χ4v) is 1.68. The Morgan fingerprint density at radius 2 is 2.12 bits per heavy atom. The van der Waals surface area contributed by atoms with Gasteiger partial charge in [0.1, 0.15) is 6.04 Å². The molecule has 3 heteroatoms. The average molecular weight is 233 g/mol. The highest BCUT2D eigenvalue weighted by Crippen LogP contribution is 2.12. The molecule has 3 nitrogen and oxygen atoms in total. The van der Waals surface area contributed by atoms with Crippen LogP contribution < -0.4 is 5.73 Å². The van der Waals surface area contributed by atoms with E-state index in [-0.39, 0.29) is 5.97 Å². The van der Waals surface area contributed by atoms with Gasteiger partial charge in [0, 0.05) is 0 Å². The second-order valence-corrected chi connectivity index (χ2v) is 3.82. The van der Waals surface area contributed by atoms with Crippen molar-refractivity contribution >= 4 is 5.97 Å². The highest BCUT2D eigenvalue weighted by Gasteiger charge is 2.16. The summed E-state index contributed by atoms with van der Waals surface area (Å²) in [6.45, 7) is 5.85. The molecule has 0 saturated heterocycles. The van der Waals surface area contributed by atoms with Gasteiger partial charge in [-0.1, -0.05) is 30.3 Å². The number of carbonyl (C=O) groups excluding carboxylic acids is 1. The summed E-state index contributed by atoms with van der Waals surface area (Å²) in [7, 11) is 0. The van der Waals surface area contributed by atoms with Crippen molar-refractivity contribution in [2.24, 2.45) is 5.73 Å². The summed E-state index contributed by atoms with van der Waals surface area (Å²) in [6, 6.07) is 7.33. The summed E-state index contributed by atoms with van der Waals surface area (Å²) in [5, 5.41) is 0. The zero-order valence-electron chi connectivity index (χ0n) is 10.2. The van der Waals surface area contributed by atoms with Crippen LogP contribution >= 0.6 is 0 Å². The summed E-state index contributed by atoms with van der Waals surface area (Å²) in [5.74, 6) is -0.346. The summed E-state index contributed by atoms with van der Waals surface area (Å²) >= 11 is 0. The molecular formula is C14H19NO2. The number of nitrogens with two attached hydrogens (primary N) is 1. The number of hydrogen-bond donors (Lipinski definition) is 1. The third-order valence-electron chi connectivity index (χ3n) is 2.51. The predicted molar refractivity (Wildman–Crippen MR) is 68.7 cm³/mol. The lowest BCUT2D eigenvalue weighted by atomic mass is 9.98. The predicted octanol–water partition coefficient (Wildman–Crippen LogP) is 1.85. The lowest BCUT2D eigenvalue weighted by Crippen LogP contribution is -2.34. The Labute approximate surface area is 102 Å². The van der Waals surface area contributed by atoms with Gasteiger partial charge < -0.3 is 10.5 Å². The molecule has 1 aromatic carbocycles. The van der Waals surface area contributed by atoms with Gasteiger partial charge in [0.05, 0.1) is 6.61 Å². The van der Waals surface area contributed by atoms with E-state index in [1.807, 2.05) is 30.3 Å². The summed E-state index contributed by atoms with van der Waals surface area (Å²) in [5.41, 5.74) is 8.03. The molecule has 0 unspecified atom stereocenters. The van der Waals surface area contributed by atoms with Crippen molar-refractivity contribution in [1.29, 1.82) is 0 Å². The smallest absolute Gasteiger partial charge is 0.323 e. The third kappa shape index (κ3) is 4.04. The number of esters is 1. The lowest BCUT2D eigenvalue weighted by molar-refractivity contribution is -0.144. The molecule has 0 radical (unpaired) electrons. The van der Waals surface area contributed by atoms with Gasteiger partial charge in [-0.25, -0.2) is 0 Å². The molecule has 17 heavy (non-hydrogen) atoms. The maximum absolute atomic E-state index is 11.4. The van der Waals surface area contributed by atoms with Crippen molar-refractivity contribution in [2.45, 2.75) is 25.8 Å². The topological polar surface area (TPSA) is 52.3 Å². The SMILES string of the molecule is C=CCc1ccccc1C[C@H](N)C(=O)OCC. The van der Waals surface area contributed by atoms with Crippen LogP contribution in [0.2, 0.25) is 0 Å². The van der Waals surface area contributed by atoms with Crippen LogP contribution in [0.1, 0.15) is 18.1 Å². The van der Waals surface area contributed by atoms with Crippen molar-refractivity contribution in [1.82, 2.24) is 0 Å². The highest BCUT2D eigenvalue weighted by molar-refractivity contribution is 5.75. The molecule has 1 aromatic rings. The Morgan fingerprint density at radius 1 is 1.47 bits per heavy atom. The molecule has 0 spiro atoms. The Hall–Kier alpha value is -1.61. The Bertz CT molecular complexity index is 388. The maximum atomic E-state index is 11.4. The molecule has 0 aromatic heterocycles. The fourth-order valence-electron chi connectivity index (χ4n) is 1.68. The standard InChI is InChI=1S/C14H19NO2/c1-3-7-11-8-5-6-9-12(11)10-13(15)14(16)17-4-2/h3,5-6,8-9,13H,1,4,7,10,15H2,2H3/t13-/m0/s1. The number of hydrogen-bond acceptors (Lipinski definition) is 3. The van der Waals surface area contributed by atoms with Gasteiger partial charge >= 0.3 is 5.97 Å². The normalized spacial score (nSPS) is 11.9. The number of benzene rings is 1. The van der Waals surface area contributed by atoms with Gasteiger partial charge in [0.2, 0.25) is 0 Å². The number of ether oxygens (including phenoxy) is 1. The first-order valence-electron chi connectivity index (χ1n) is 5.79. The number of rotatable bonds is 6. The van der Waals surface area contributed by atoms with Crippen LogP contribution in [-0.2, 0) is 22.4 Å². The second kappa shape index (κ2) is 6.86. The molecule has 0 aliphatic heterocycles. The van der Waals surface area contributed by atoms with Crippen LogP contribution in [0.5, 0.6) is 0 Å². The van der Waals surface area contributed by atoms with E-state index in [9.17, 15) is 4.79 Å². The largest absolute Gasteiger partial charge is 0.465 e. The first-order chi connectivity index (χ1) is 8.19. The molecule has 0 fully saturated rings. The molecule has 0 aliphatic carbocycles.